The molecule has 6 nitrogen and oxygen atoms in total. The third-order valence-electron chi connectivity index (χ3n) is 5.01. The Labute approximate surface area is 171 Å². The zero-order valence-electron chi connectivity index (χ0n) is 15.6. The van der Waals surface area contributed by atoms with Crippen molar-refractivity contribution < 1.29 is 4.79 Å². The van der Waals surface area contributed by atoms with Crippen LogP contribution in [0.4, 0.5) is 0 Å². The van der Waals surface area contributed by atoms with Crippen molar-refractivity contribution >= 4 is 39.2 Å². The molecule has 5 rings (SSSR count). The van der Waals surface area contributed by atoms with Crippen molar-refractivity contribution in [3.05, 3.63) is 71.2 Å². The van der Waals surface area contributed by atoms with Gasteiger partial charge in [0.05, 0.1) is 16.5 Å². The van der Waals surface area contributed by atoms with E-state index in [-0.39, 0.29) is 12.5 Å². The van der Waals surface area contributed by atoms with Gasteiger partial charge in [0, 0.05) is 29.0 Å². The molecule has 5 aromatic rings. The first-order valence-electron chi connectivity index (χ1n) is 9.45. The molecule has 0 fully saturated rings. The minimum atomic E-state index is -0.0375. The van der Waals surface area contributed by atoms with Gasteiger partial charge in [0.25, 0.3) is 0 Å². The number of imidazole rings is 1. The van der Waals surface area contributed by atoms with Gasteiger partial charge in [-0.25, -0.2) is 9.97 Å². The minimum Gasteiger partial charge on any atom is -0.361 e. The fraction of sp³-hybridized carbons (Fsp3) is 0.136. The number of nitrogens with one attached hydrogen (secondary N) is 2. The molecule has 1 amide bonds. The molecule has 0 aliphatic carbocycles. The molecule has 3 aromatic heterocycles. The molecule has 2 N–H and O–H groups in total. The average molecular weight is 401 g/mol. The van der Waals surface area contributed by atoms with Crippen molar-refractivity contribution in [1.29, 1.82) is 0 Å². The average Bonchev–Trinajstić information content (AvgIpc) is 3.47. The fourth-order valence-electron chi connectivity index (χ4n) is 3.63. The molecule has 144 valence electrons. The molecule has 7 heteroatoms. The van der Waals surface area contributed by atoms with Gasteiger partial charge in [0.1, 0.15) is 12.2 Å². The number of nitrogens with zero attached hydrogens (tertiary/aromatic N) is 3. The van der Waals surface area contributed by atoms with Crippen molar-refractivity contribution in [3.8, 4) is 11.5 Å². The van der Waals surface area contributed by atoms with E-state index in [0.29, 0.717) is 6.54 Å². The summed E-state index contributed by atoms with van der Waals surface area (Å²) in [7, 11) is 0. The molecule has 0 aliphatic heterocycles. The molecule has 0 spiro atoms. The first-order chi connectivity index (χ1) is 14.3. The summed E-state index contributed by atoms with van der Waals surface area (Å²) in [5.41, 5.74) is 6.69. The normalized spacial score (nSPS) is 11.3. The van der Waals surface area contributed by atoms with Gasteiger partial charge in [-0.1, -0.05) is 30.3 Å². The summed E-state index contributed by atoms with van der Waals surface area (Å²) in [5.74, 6) is 0.684. The molecule has 0 bridgehead atoms. The van der Waals surface area contributed by atoms with Crippen LogP contribution in [0.3, 0.4) is 0 Å². The van der Waals surface area contributed by atoms with Gasteiger partial charge >= 0.3 is 0 Å². The third kappa shape index (κ3) is 3.40. The van der Waals surface area contributed by atoms with Crippen LogP contribution in [0, 0.1) is 0 Å². The number of fused-ring (bicyclic) bond motifs is 2. The highest BCUT2D eigenvalue weighted by Crippen LogP contribution is 2.24. The maximum atomic E-state index is 12.7. The largest absolute Gasteiger partial charge is 0.361 e. The van der Waals surface area contributed by atoms with Crippen molar-refractivity contribution in [1.82, 2.24) is 24.8 Å². The van der Waals surface area contributed by atoms with E-state index in [9.17, 15) is 4.79 Å². The number of aromatic amines is 1. The summed E-state index contributed by atoms with van der Waals surface area (Å²) in [6.45, 7) is 0.792. The van der Waals surface area contributed by atoms with E-state index < -0.39 is 0 Å². The second-order valence-corrected chi connectivity index (χ2v) is 7.56. The first kappa shape index (κ1) is 17.6. The summed E-state index contributed by atoms with van der Waals surface area (Å²) < 4.78 is 1.94. The molecule has 0 aliphatic rings. The summed E-state index contributed by atoms with van der Waals surface area (Å²) in [6.07, 6.45) is 2.79. The molecule has 0 saturated carbocycles. The van der Waals surface area contributed by atoms with E-state index in [1.807, 2.05) is 52.5 Å². The van der Waals surface area contributed by atoms with Crippen molar-refractivity contribution in [3.63, 3.8) is 0 Å². The lowest BCUT2D eigenvalue weighted by Crippen LogP contribution is -2.29. The van der Waals surface area contributed by atoms with Crippen molar-refractivity contribution in [2.24, 2.45) is 0 Å². The molecule has 2 aromatic carbocycles. The van der Waals surface area contributed by atoms with Crippen molar-refractivity contribution in [2.45, 2.75) is 13.0 Å². The predicted molar refractivity (Wildman–Crippen MR) is 116 cm³/mol. The highest BCUT2D eigenvalue weighted by molar-refractivity contribution is 7.07. The van der Waals surface area contributed by atoms with E-state index >= 15 is 0 Å². The minimum absolute atomic E-state index is 0.0375. The SMILES string of the molecule is O=C(Cn1c(-c2cscn2)nc2ccccc21)NCCc1c[nH]c2ccccc12. The van der Waals surface area contributed by atoms with Gasteiger partial charge in [-0.05, 0) is 30.2 Å². The highest BCUT2D eigenvalue weighted by Gasteiger charge is 2.16. The van der Waals surface area contributed by atoms with Crippen LogP contribution in [0.25, 0.3) is 33.5 Å². The number of H-pyrrole nitrogens is 1. The second-order valence-electron chi connectivity index (χ2n) is 6.84. The Morgan fingerprint density at radius 1 is 1.14 bits per heavy atom. The zero-order valence-corrected chi connectivity index (χ0v) is 16.4. The van der Waals surface area contributed by atoms with E-state index in [0.717, 1.165) is 34.5 Å². The zero-order chi connectivity index (χ0) is 19.6. The summed E-state index contributed by atoms with van der Waals surface area (Å²) >= 11 is 1.52. The smallest absolute Gasteiger partial charge is 0.240 e. The van der Waals surface area contributed by atoms with Gasteiger partial charge < -0.3 is 14.9 Å². The molecule has 0 unspecified atom stereocenters. The molecule has 0 saturated heterocycles. The third-order valence-corrected chi connectivity index (χ3v) is 5.60. The summed E-state index contributed by atoms with van der Waals surface area (Å²) in [5, 5.41) is 6.19. The van der Waals surface area contributed by atoms with Crippen LogP contribution in [0.2, 0.25) is 0 Å². The van der Waals surface area contributed by atoms with Gasteiger partial charge in [-0.3, -0.25) is 4.79 Å². The van der Waals surface area contributed by atoms with Crippen LogP contribution in [0.15, 0.2) is 65.6 Å². The molecule has 3 heterocycles. The van der Waals surface area contributed by atoms with Crippen LogP contribution in [-0.2, 0) is 17.8 Å². The number of para-hydroxylation sites is 3. The standard InChI is InChI=1S/C22H19N5OS/c28-21(23-10-9-15-11-24-17-6-2-1-5-16(15)17)12-27-20-8-4-3-7-18(20)26-22(27)19-13-29-14-25-19/h1-8,11,13-14,24H,9-10,12H2,(H,23,28). The summed E-state index contributed by atoms with van der Waals surface area (Å²) in [6, 6.07) is 16.0. The molecule has 0 radical (unpaired) electrons. The van der Waals surface area contributed by atoms with E-state index in [2.05, 4.69) is 32.4 Å². The monoisotopic (exact) mass is 401 g/mol. The Morgan fingerprint density at radius 3 is 2.90 bits per heavy atom. The number of hydrogen-bond acceptors (Lipinski definition) is 4. The van der Waals surface area contributed by atoms with Gasteiger partial charge in [-0.2, -0.15) is 0 Å². The fourth-order valence-corrected chi connectivity index (χ4v) is 4.16. The predicted octanol–water partition coefficient (Wildman–Crippen LogP) is 4.00. The highest BCUT2D eigenvalue weighted by atomic mass is 32.1. The number of carbonyl (C=O) groups is 1. The van der Waals surface area contributed by atoms with Crippen LogP contribution < -0.4 is 5.32 Å². The Bertz CT molecular complexity index is 1290. The van der Waals surface area contributed by atoms with Crippen LogP contribution in [0.5, 0.6) is 0 Å². The Morgan fingerprint density at radius 2 is 2.00 bits per heavy atom. The topological polar surface area (TPSA) is 75.6 Å². The number of aromatic nitrogens is 4. The number of hydrogen-bond donors (Lipinski definition) is 2. The quantitative estimate of drug-likeness (QED) is 0.452. The number of amides is 1. The van der Waals surface area contributed by atoms with E-state index in [1.54, 1.807) is 5.51 Å². The number of benzene rings is 2. The lowest BCUT2D eigenvalue weighted by Gasteiger charge is -2.09. The molecule has 29 heavy (non-hydrogen) atoms. The lowest BCUT2D eigenvalue weighted by atomic mass is 10.1. The molecule has 0 atom stereocenters. The Kier molecular flexibility index (Phi) is 4.57. The van der Waals surface area contributed by atoms with Crippen LogP contribution in [-0.4, -0.2) is 32.0 Å². The maximum Gasteiger partial charge on any atom is 0.240 e. The lowest BCUT2D eigenvalue weighted by molar-refractivity contribution is -0.121. The van der Waals surface area contributed by atoms with E-state index in [1.165, 1.54) is 22.3 Å². The van der Waals surface area contributed by atoms with Crippen LogP contribution in [0.1, 0.15) is 5.56 Å². The molecular formula is C22H19N5OS. The number of carbonyl (C=O) groups excluding carboxylic acids is 1. The number of rotatable bonds is 6. The van der Waals surface area contributed by atoms with Gasteiger partial charge in [0.2, 0.25) is 5.91 Å². The van der Waals surface area contributed by atoms with Gasteiger partial charge in [0.15, 0.2) is 5.82 Å². The van der Waals surface area contributed by atoms with Gasteiger partial charge in [-0.15, -0.1) is 11.3 Å². The van der Waals surface area contributed by atoms with E-state index in [4.69, 9.17) is 0 Å². The Hall–Kier alpha value is -3.45. The number of thiazole rings is 1. The maximum absolute atomic E-state index is 12.7. The van der Waals surface area contributed by atoms with Crippen LogP contribution >= 0.6 is 11.3 Å². The molecular weight excluding hydrogens is 382 g/mol. The van der Waals surface area contributed by atoms with Crippen molar-refractivity contribution in [2.75, 3.05) is 6.54 Å². The Balaban J connectivity index is 1.32. The summed E-state index contributed by atoms with van der Waals surface area (Å²) in [4.78, 5) is 25.0. The first-order valence-corrected chi connectivity index (χ1v) is 10.4. The second kappa shape index (κ2) is 7.52.